The van der Waals surface area contributed by atoms with E-state index in [1.807, 2.05) is 11.8 Å². The van der Waals surface area contributed by atoms with Crippen LogP contribution in [0.5, 0.6) is 0 Å². The number of rotatable bonds is 7. The van der Waals surface area contributed by atoms with Gasteiger partial charge in [0, 0.05) is 11.4 Å². The lowest BCUT2D eigenvalue weighted by molar-refractivity contribution is -0.116. The zero-order valence-corrected chi connectivity index (χ0v) is 12.1. The van der Waals surface area contributed by atoms with Gasteiger partial charge in [-0.1, -0.05) is 18.5 Å². The molecule has 0 heterocycles. The highest BCUT2D eigenvalue weighted by molar-refractivity contribution is 7.99. The number of nitrogen functional groups attached to an aromatic ring is 1. The molecule has 3 N–H and O–H groups in total. The normalized spacial score (nSPS) is 10.3. The third-order valence-electron chi connectivity index (χ3n) is 2.33. The fourth-order valence-electron chi connectivity index (χ4n) is 1.44. The number of nitrogens with two attached hydrogens (primary N) is 1. The first-order chi connectivity index (χ1) is 8.63. The van der Waals surface area contributed by atoms with Crippen molar-refractivity contribution in [3.8, 4) is 0 Å². The molecule has 0 aliphatic heterocycles. The third-order valence-corrected chi connectivity index (χ3v) is 3.84. The van der Waals surface area contributed by atoms with Crippen LogP contribution >= 0.6 is 23.4 Å². The van der Waals surface area contributed by atoms with Crippen LogP contribution in [0.15, 0.2) is 18.2 Å². The quantitative estimate of drug-likeness (QED) is 0.592. The van der Waals surface area contributed by atoms with Gasteiger partial charge in [-0.3, -0.25) is 4.79 Å². The first kappa shape index (κ1) is 15.2. The van der Waals surface area contributed by atoms with Crippen LogP contribution in [0, 0.1) is 0 Å². The van der Waals surface area contributed by atoms with Crippen molar-refractivity contribution in [3.63, 3.8) is 0 Å². The average Bonchev–Trinajstić information content (AvgIpc) is 2.32. The fourth-order valence-corrected chi connectivity index (χ4v) is 2.46. The van der Waals surface area contributed by atoms with Gasteiger partial charge in [-0.25, -0.2) is 0 Å². The van der Waals surface area contributed by atoms with Crippen molar-refractivity contribution < 1.29 is 4.79 Å². The molecular weight excluding hydrogens is 268 g/mol. The molecule has 1 rings (SSSR count). The summed E-state index contributed by atoms with van der Waals surface area (Å²) in [7, 11) is 0. The highest BCUT2D eigenvalue weighted by Gasteiger charge is 2.05. The lowest BCUT2D eigenvalue weighted by atomic mass is 10.2. The summed E-state index contributed by atoms with van der Waals surface area (Å²) < 4.78 is 0. The summed E-state index contributed by atoms with van der Waals surface area (Å²) in [5.74, 6) is 2.18. The summed E-state index contributed by atoms with van der Waals surface area (Å²) in [5, 5.41) is 3.37. The van der Waals surface area contributed by atoms with Crippen molar-refractivity contribution in [3.05, 3.63) is 23.2 Å². The molecule has 0 radical (unpaired) electrons. The molecule has 1 aromatic carbocycles. The van der Waals surface area contributed by atoms with E-state index in [-0.39, 0.29) is 5.91 Å². The summed E-state index contributed by atoms with van der Waals surface area (Å²) in [6.07, 6.45) is 2.60. The first-order valence-electron chi connectivity index (χ1n) is 6.06. The summed E-state index contributed by atoms with van der Waals surface area (Å²) in [4.78, 5) is 11.7. The third kappa shape index (κ3) is 5.65. The molecule has 3 nitrogen and oxygen atoms in total. The van der Waals surface area contributed by atoms with Gasteiger partial charge < -0.3 is 11.1 Å². The number of amides is 1. The Bertz CT molecular complexity index is 399. The van der Waals surface area contributed by atoms with E-state index >= 15 is 0 Å². The van der Waals surface area contributed by atoms with Crippen LogP contribution in [-0.4, -0.2) is 17.4 Å². The number of nitrogens with one attached hydrogen (secondary N) is 1. The summed E-state index contributed by atoms with van der Waals surface area (Å²) in [6.45, 7) is 2.16. The Morgan fingerprint density at radius 1 is 1.44 bits per heavy atom. The molecule has 0 saturated heterocycles. The highest BCUT2D eigenvalue weighted by atomic mass is 35.5. The van der Waals surface area contributed by atoms with E-state index in [9.17, 15) is 4.79 Å². The molecule has 1 aromatic rings. The van der Waals surface area contributed by atoms with Crippen LogP contribution in [-0.2, 0) is 4.79 Å². The van der Waals surface area contributed by atoms with Crippen molar-refractivity contribution in [2.45, 2.75) is 26.2 Å². The van der Waals surface area contributed by atoms with Gasteiger partial charge in [-0.2, -0.15) is 11.8 Å². The van der Waals surface area contributed by atoms with Gasteiger partial charge in [-0.05, 0) is 42.5 Å². The Morgan fingerprint density at radius 3 is 2.89 bits per heavy atom. The maximum absolute atomic E-state index is 11.7. The standard InChI is InChI=1S/C13H19ClN2OS/c1-2-7-18-8-3-4-13(17)16-12-6-5-10(14)9-11(12)15/h5-6,9H,2-4,7-8,15H2,1H3,(H,16,17). The number of carbonyl (C=O) groups excluding carboxylic acids is 1. The van der Waals surface area contributed by atoms with Crippen molar-refractivity contribution in [2.24, 2.45) is 0 Å². The number of halogens is 1. The van der Waals surface area contributed by atoms with Crippen LogP contribution in [0.2, 0.25) is 5.02 Å². The number of anilines is 2. The largest absolute Gasteiger partial charge is 0.397 e. The maximum Gasteiger partial charge on any atom is 0.224 e. The van der Waals surface area contributed by atoms with E-state index in [1.54, 1.807) is 18.2 Å². The molecule has 18 heavy (non-hydrogen) atoms. The van der Waals surface area contributed by atoms with Crippen molar-refractivity contribution in [1.29, 1.82) is 0 Å². The number of carbonyl (C=O) groups is 1. The monoisotopic (exact) mass is 286 g/mol. The predicted octanol–water partition coefficient (Wildman–Crippen LogP) is 3.78. The van der Waals surface area contributed by atoms with Gasteiger partial charge in [0.05, 0.1) is 11.4 Å². The van der Waals surface area contributed by atoms with Crippen molar-refractivity contribution in [2.75, 3.05) is 22.6 Å². The lowest BCUT2D eigenvalue weighted by Gasteiger charge is -2.08. The Morgan fingerprint density at radius 2 is 2.22 bits per heavy atom. The maximum atomic E-state index is 11.7. The fraction of sp³-hybridized carbons (Fsp3) is 0.462. The van der Waals surface area contributed by atoms with Gasteiger partial charge in [0.25, 0.3) is 0 Å². The van der Waals surface area contributed by atoms with E-state index < -0.39 is 0 Å². The van der Waals surface area contributed by atoms with Gasteiger partial charge >= 0.3 is 0 Å². The van der Waals surface area contributed by atoms with Gasteiger partial charge in [0.15, 0.2) is 0 Å². The van der Waals surface area contributed by atoms with Crippen molar-refractivity contribution >= 4 is 40.6 Å². The molecule has 0 aliphatic carbocycles. The highest BCUT2D eigenvalue weighted by Crippen LogP contribution is 2.22. The van der Waals surface area contributed by atoms with E-state index in [2.05, 4.69) is 12.2 Å². The second-order valence-corrected chi connectivity index (χ2v) is 5.66. The van der Waals surface area contributed by atoms with Crippen LogP contribution in [0.4, 0.5) is 11.4 Å². The molecule has 0 aliphatic rings. The second kappa shape index (κ2) is 8.27. The van der Waals surface area contributed by atoms with Gasteiger partial charge in [0.2, 0.25) is 5.91 Å². The molecule has 100 valence electrons. The van der Waals surface area contributed by atoms with Crippen LogP contribution in [0.1, 0.15) is 26.2 Å². The molecule has 0 unspecified atom stereocenters. The molecule has 0 fully saturated rings. The molecule has 5 heteroatoms. The summed E-state index contributed by atoms with van der Waals surface area (Å²) in [6, 6.07) is 5.07. The summed E-state index contributed by atoms with van der Waals surface area (Å²) >= 11 is 7.67. The van der Waals surface area contributed by atoms with Gasteiger partial charge in [-0.15, -0.1) is 0 Å². The number of hydrogen-bond acceptors (Lipinski definition) is 3. The molecule has 0 spiro atoms. The molecule has 0 atom stereocenters. The van der Waals surface area contributed by atoms with E-state index in [1.165, 1.54) is 6.42 Å². The Kier molecular flexibility index (Phi) is 6.98. The van der Waals surface area contributed by atoms with Gasteiger partial charge in [0.1, 0.15) is 0 Å². The van der Waals surface area contributed by atoms with Crippen LogP contribution < -0.4 is 11.1 Å². The molecular formula is C13H19ClN2OS. The minimum absolute atomic E-state index is 0.00104. The first-order valence-corrected chi connectivity index (χ1v) is 7.59. The molecule has 1 amide bonds. The molecule has 0 saturated carbocycles. The zero-order valence-electron chi connectivity index (χ0n) is 10.5. The number of benzene rings is 1. The SMILES string of the molecule is CCCSCCCC(=O)Nc1ccc(Cl)cc1N. The number of hydrogen-bond donors (Lipinski definition) is 2. The minimum Gasteiger partial charge on any atom is -0.397 e. The Hall–Kier alpha value is -0.870. The summed E-state index contributed by atoms with van der Waals surface area (Å²) in [5.41, 5.74) is 6.89. The smallest absolute Gasteiger partial charge is 0.224 e. The minimum atomic E-state index is 0.00104. The predicted molar refractivity (Wildman–Crippen MR) is 81.3 cm³/mol. The van der Waals surface area contributed by atoms with E-state index in [0.29, 0.717) is 22.8 Å². The van der Waals surface area contributed by atoms with Crippen molar-refractivity contribution in [1.82, 2.24) is 0 Å². The topological polar surface area (TPSA) is 55.1 Å². The molecule has 0 bridgehead atoms. The van der Waals surface area contributed by atoms with Crippen LogP contribution in [0.3, 0.4) is 0 Å². The molecule has 0 aromatic heterocycles. The van der Waals surface area contributed by atoms with E-state index in [0.717, 1.165) is 17.9 Å². The Labute approximate surface area is 117 Å². The van der Waals surface area contributed by atoms with Crippen LogP contribution in [0.25, 0.3) is 0 Å². The Balaban J connectivity index is 2.31. The number of thioether (sulfide) groups is 1. The lowest BCUT2D eigenvalue weighted by Crippen LogP contribution is -2.12. The second-order valence-electron chi connectivity index (χ2n) is 4.00. The van der Waals surface area contributed by atoms with E-state index in [4.69, 9.17) is 17.3 Å². The zero-order chi connectivity index (χ0) is 13.4. The average molecular weight is 287 g/mol.